The molecule has 0 atom stereocenters. The molecule has 2 aromatic rings. The van der Waals surface area contributed by atoms with Gasteiger partial charge in [0.25, 0.3) is 5.91 Å². The molecular formula is C17H16FNO4S. The predicted octanol–water partition coefficient (Wildman–Crippen LogP) is 2.57. The van der Waals surface area contributed by atoms with E-state index in [0.717, 1.165) is 16.0 Å². The molecule has 0 aliphatic heterocycles. The molecule has 5 nitrogen and oxygen atoms in total. The number of halogens is 1. The number of carboxylic acid groups (broad SMARTS) is 1. The van der Waals surface area contributed by atoms with E-state index in [9.17, 15) is 24.2 Å². The van der Waals surface area contributed by atoms with Crippen LogP contribution >= 0.6 is 11.3 Å². The van der Waals surface area contributed by atoms with Crippen molar-refractivity contribution in [2.24, 2.45) is 0 Å². The van der Waals surface area contributed by atoms with Gasteiger partial charge in [0, 0.05) is 17.7 Å². The summed E-state index contributed by atoms with van der Waals surface area (Å²) in [5, 5.41) is 21.2. The van der Waals surface area contributed by atoms with Crippen molar-refractivity contribution in [1.29, 1.82) is 0 Å². The molecule has 1 aliphatic rings. The fourth-order valence-corrected chi connectivity index (χ4v) is 3.80. The van der Waals surface area contributed by atoms with Crippen LogP contribution in [0.5, 0.6) is 0 Å². The number of aliphatic carboxylic acids is 1. The van der Waals surface area contributed by atoms with Gasteiger partial charge in [0.15, 0.2) is 0 Å². The highest BCUT2D eigenvalue weighted by molar-refractivity contribution is 7.14. The van der Waals surface area contributed by atoms with E-state index in [0.29, 0.717) is 4.88 Å². The van der Waals surface area contributed by atoms with E-state index in [2.05, 4.69) is 5.32 Å². The monoisotopic (exact) mass is 349 g/mol. The Labute approximate surface area is 141 Å². The van der Waals surface area contributed by atoms with Crippen LogP contribution in [-0.4, -0.2) is 33.7 Å². The van der Waals surface area contributed by atoms with Gasteiger partial charge in [0.05, 0.1) is 11.0 Å². The molecule has 0 radical (unpaired) electrons. The van der Waals surface area contributed by atoms with Crippen molar-refractivity contribution < 1.29 is 24.2 Å². The third-order valence-corrected chi connectivity index (χ3v) is 5.28. The molecule has 3 rings (SSSR count). The number of carboxylic acids is 1. The van der Waals surface area contributed by atoms with Crippen LogP contribution in [0.4, 0.5) is 4.39 Å². The number of amides is 1. The van der Waals surface area contributed by atoms with Crippen molar-refractivity contribution in [3.8, 4) is 11.1 Å². The Balaban J connectivity index is 1.83. The summed E-state index contributed by atoms with van der Waals surface area (Å²) in [6.07, 6.45) is -0.701. The average molecular weight is 349 g/mol. The van der Waals surface area contributed by atoms with Gasteiger partial charge in [0.1, 0.15) is 11.4 Å². The van der Waals surface area contributed by atoms with Crippen molar-refractivity contribution in [3.63, 3.8) is 0 Å². The molecule has 0 bridgehead atoms. The number of aliphatic hydroxyl groups is 1. The smallest absolute Gasteiger partial charge is 0.329 e. The summed E-state index contributed by atoms with van der Waals surface area (Å²) in [5.41, 5.74) is 0.198. The maximum Gasteiger partial charge on any atom is 0.329 e. The first-order valence-electron chi connectivity index (χ1n) is 7.41. The molecule has 126 valence electrons. The van der Waals surface area contributed by atoms with Crippen LogP contribution in [0, 0.1) is 12.7 Å². The zero-order chi connectivity index (χ0) is 17.5. The molecule has 1 aromatic heterocycles. The van der Waals surface area contributed by atoms with Gasteiger partial charge in [-0.3, -0.25) is 4.79 Å². The van der Waals surface area contributed by atoms with Crippen molar-refractivity contribution in [2.75, 3.05) is 0 Å². The summed E-state index contributed by atoms with van der Waals surface area (Å²) in [7, 11) is 0. The Morgan fingerprint density at radius 1 is 1.29 bits per heavy atom. The second kappa shape index (κ2) is 5.99. The molecule has 1 saturated carbocycles. The maximum atomic E-state index is 13.0. The molecule has 0 spiro atoms. The van der Waals surface area contributed by atoms with E-state index < -0.39 is 23.5 Å². The van der Waals surface area contributed by atoms with Crippen molar-refractivity contribution >= 4 is 23.2 Å². The van der Waals surface area contributed by atoms with Gasteiger partial charge in [-0.1, -0.05) is 12.1 Å². The lowest BCUT2D eigenvalue weighted by atomic mass is 9.74. The second-order valence-electron chi connectivity index (χ2n) is 5.99. The first-order valence-corrected chi connectivity index (χ1v) is 8.23. The van der Waals surface area contributed by atoms with Crippen molar-refractivity contribution in [2.45, 2.75) is 31.4 Å². The standard InChI is InChI=1S/C17H16FNO4S/c1-9-13(10-2-4-11(18)5-3-10)6-14(24-9)15(21)19-17(16(22)23)7-12(20)8-17/h2-6,12,20H,7-8H2,1H3,(H,19,21)(H,22,23). The first kappa shape index (κ1) is 16.6. The Morgan fingerprint density at radius 3 is 2.46 bits per heavy atom. The van der Waals surface area contributed by atoms with E-state index in [4.69, 9.17) is 0 Å². The lowest BCUT2D eigenvalue weighted by molar-refractivity contribution is -0.153. The number of hydrogen-bond acceptors (Lipinski definition) is 4. The summed E-state index contributed by atoms with van der Waals surface area (Å²) in [4.78, 5) is 25.1. The summed E-state index contributed by atoms with van der Waals surface area (Å²) in [6, 6.07) is 7.64. The number of aryl methyl sites for hydroxylation is 1. The quantitative estimate of drug-likeness (QED) is 0.792. The minimum Gasteiger partial charge on any atom is -0.480 e. The number of carbonyl (C=O) groups excluding carboxylic acids is 1. The van der Waals surface area contributed by atoms with Gasteiger partial charge in [-0.05, 0) is 36.2 Å². The highest BCUT2D eigenvalue weighted by Gasteiger charge is 2.51. The van der Waals surface area contributed by atoms with Crippen molar-refractivity contribution in [1.82, 2.24) is 5.32 Å². The molecule has 1 aromatic carbocycles. The van der Waals surface area contributed by atoms with Crippen LogP contribution in [0.25, 0.3) is 11.1 Å². The number of nitrogens with one attached hydrogen (secondary N) is 1. The second-order valence-corrected chi connectivity index (χ2v) is 7.25. The van der Waals surface area contributed by atoms with Crippen LogP contribution in [0.1, 0.15) is 27.4 Å². The molecule has 1 fully saturated rings. The zero-order valence-electron chi connectivity index (χ0n) is 12.9. The summed E-state index contributed by atoms with van der Waals surface area (Å²) >= 11 is 1.25. The number of thiophene rings is 1. The van der Waals surface area contributed by atoms with Crippen molar-refractivity contribution in [3.05, 3.63) is 45.9 Å². The third-order valence-electron chi connectivity index (χ3n) is 4.23. The molecule has 1 heterocycles. The third kappa shape index (κ3) is 2.92. The van der Waals surface area contributed by atoms with Crippen LogP contribution in [0.2, 0.25) is 0 Å². The molecule has 3 N–H and O–H groups in total. The van der Waals surface area contributed by atoms with Crippen LogP contribution in [0.15, 0.2) is 30.3 Å². The minimum atomic E-state index is -1.40. The minimum absolute atomic E-state index is 0.00322. The van der Waals surface area contributed by atoms with E-state index in [1.54, 1.807) is 18.2 Å². The SMILES string of the molecule is Cc1sc(C(=O)NC2(C(=O)O)CC(O)C2)cc1-c1ccc(F)cc1. The highest BCUT2D eigenvalue weighted by atomic mass is 32.1. The molecular weight excluding hydrogens is 333 g/mol. The maximum absolute atomic E-state index is 13.0. The number of aliphatic hydroxyl groups excluding tert-OH is 1. The fraction of sp³-hybridized carbons (Fsp3) is 0.294. The first-order chi connectivity index (χ1) is 11.3. The lowest BCUT2D eigenvalue weighted by Crippen LogP contribution is -2.64. The highest BCUT2D eigenvalue weighted by Crippen LogP contribution is 2.35. The average Bonchev–Trinajstić information content (AvgIpc) is 2.88. The fourth-order valence-electron chi connectivity index (χ4n) is 2.86. The van der Waals surface area contributed by atoms with E-state index in [1.807, 2.05) is 6.92 Å². The zero-order valence-corrected chi connectivity index (χ0v) is 13.7. The molecule has 0 unspecified atom stereocenters. The van der Waals surface area contributed by atoms with Gasteiger partial charge in [-0.15, -0.1) is 11.3 Å². The Bertz CT molecular complexity index is 793. The number of hydrogen-bond donors (Lipinski definition) is 3. The summed E-state index contributed by atoms with van der Waals surface area (Å²) in [6.45, 7) is 1.85. The molecule has 24 heavy (non-hydrogen) atoms. The van der Waals surface area contributed by atoms with Gasteiger partial charge < -0.3 is 15.5 Å². The van der Waals surface area contributed by atoms with Crippen LogP contribution in [-0.2, 0) is 4.79 Å². The van der Waals surface area contributed by atoms with E-state index >= 15 is 0 Å². The predicted molar refractivity (Wildman–Crippen MR) is 87.5 cm³/mol. The van der Waals surface area contributed by atoms with E-state index in [-0.39, 0.29) is 18.7 Å². The molecule has 1 amide bonds. The van der Waals surface area contributed by atoms with Gasteiger partial charge in [0.2, 0.25) is 0 Å². The largest absolute Gasteiger partial charge is 0.480 e. The summed E-state index contributed by atoms with van der Waals surface area (Å²) in [5.74, 6) is -1.96. The topological polar surface area (TPSA) is 86.6 Å². The molecule has 1 aliphatic carbocycles. The van der Waals surface area contributed by atoms with Gasteiger partial charge in [-0.2, -0.15) is 0 Å². The number of rotatable bonds is 4. The van der Waals surface area contributed by atoms with Crippen LogP contribution in [0.3, 0.4) is 0 Å². The Hall–Kier alpha value is -2.25. The summed E-state index contributed by atoms with van der Waals surface area (Å²) < 4.78 is 13.0. The normalized spacial score (nSPS) is 22.7. The van der Waals surface area contributed by atoms with Crippen LogP contribution < -0.4 is 5.32 Å². The number of benzene rings is 1. The Kier molecular flexibility index (Phi) is 4.15. The molecule has 7 heteroatoms. The van der Waals surface area contributed by atoms with Gasteiger partial charge in [-0.25, -0.2) is 9.18 Å². The van der Waals surface area contributed by atoms with E-state index in [1.165, 1.54) is 23.5 Å². The molecule has 0 saturated heterocycles. The lowest BCUT2D eigenvalue weighted by Gasteiger charge is -2.41. The Morgan fingerprint density at radius 2 is 1.92 bits per heavy atom. The van der Waals surface area contributed by atoms with Gasteiger partial charge >= 0.3 is 5.97 Å². The number of carbonyl (C=O) groups is 2.